The molecule has 134 valence electrons. The van der Waals surface area contributed by atoms with Crippen molar-refractivity contribution in [3.63, 3.8) is 0 Å². The maximum absolute atomic E-state index is 11.4. The second kappa shape index (κ2) is 6.82. The number of hydrogen-bond acceptors (Lipinski definition) is 6. The van der Waals surface area contributed by atoms with E-state index in [0.717, 1.165) is 37.6 Å². The van der Waals surface area contributed by atoms with Crippen LogP contribution < -0.4 is 9.80 Å². The lowest BCUT2D eigenvalue weighted by molar-refractivity contribution is 0.0696. The molecular formula is C18H25N5O2. The summed E-state index contributed by atoms with van der Waals surface area (Å²) in [6.07, 6.45) is 3.54. The van der Waals surface area contributed by atoms with E-state index in [1.165, 1.54) is 6.42 Å². The van der Waals surface area contributed by atoms with Crippen LogP contribution in [-0.2, 0) is 0 Å². The maximum atomic E-state index is 11.4. The first-order valence-electron chi connectivity index (χ1n) is 8.79. The van der Waals surface area contributed by atoms with Gasteiger partial charge < -0.3 is 14.9 Å². The Morgan fingerprint density at radius 2 is 1.88 bits per heavy atom. The van der Waals surface area contributed by atoms with Crippen molar-refractivity contribution < 1.29 is 9.90 Å². The van der Waals surface area contributed by atoms with E-state index in [1.807, 2.05) is 7.05 Å². The van der Waals surface area contributed by atoms with E-state index in [2.05, 4.69) is 28.6 Å². The molecule has 0 aliphatic carbocycles. The van der Waals surface area contributed by atoms with Gasteiger partial charge in [-0.05, 0) is 46.1 Å². The van der Waals surface area contributed by atoms with Crippen molar-refractivity contribution in [1.82, 2.24) is 15.0 Å². The van der Waals surface area contributed by atoms with Crippen LogP contribution in [0.5, 0.6) is 0 Å². The molecule has 0 radical (unpaired) electrons. The van der Waals surface area contributed by atoms with E-state index < -0.39 is 5.97 Å². The van der Waals surface area contributed by atoms with E-state index in [1.54, 1.807) is 13.0 Å². The molecule has 1 fully saturated rings. The van der Waals surface area contributed by atoms with Gasteiger partial charge >= 0.3 is 5.97 Å². The normalized spacial score (nSPS) is 15.0. The van der Waals surface area contributed by atoms with Crippen LogP contribution in [0.15, 0.2) is 6.07 Å². The molecule has 0 saturated carbocycles. The summed E-state index contributed by atoms with van der Waals surface area (Å²) in [5, 5.41) is 9.34. The highest BCUT2D eigenvalue weighted by molar-refractivity contribution is 5.93. The van der Waals surface area contributed by atoms with E-state index in [4.69, 9.17) is 9.97 Å². The number of aromatic carboxylic acids is 1. The Morgan fingerprint density at radius 1 is 1.20 bits per heavy atom. The number of hydrogen-bond donors (Lipinski definition) is 1. The average molecular weight is 343 g/mol. The van der Waals surface area contributed by atoms with E-state index in [0.29, 0.717) is 16.9 Å². The predicted molar refractivity (Wildman–Crippen MR) is 98.6 cm³/mol. The minimum atomic E-state index is -0.993. The molecule has 1 aliphatic rings. The van der Waals surface area contributed by atoms with Gasteiger partial charge in [-0.2, -0.15) is 0 Å². The van der Waals surface area contributed by atoms with Gasteiger partial charge in [-0.3, -0.25) is 0 Å². The van der Waals surface area contributed by atoms with E-state index >= 15 is 0 Å². The third-order valence-corrected chi connectivity index (χ3v) is 4.81. The molecule has 2 aromatic heterocycles. The third-order valence-electron chi connectivity index (χ3n) is 4.81. The number of rotatable bonds is 4. The Labute approximate surface area is 147 Å². The zero-order chi connectivity index (χ0) is 18.1. The molecule has 7 heteroatoms. The zero-order valence-corrected chi connectivity index (χ0v) is 15.3. The molecule has 1 saturated heterocycles. The van der Waals surface area contributed by atoms with Crippen LogP contribution in [-0.4, -0.2) is 52.2 Å². The minimum Gasteiger partial charge on any atom is -0.478 e. The van der Waals surface area contributed by atoms with E-state index in [-0.39, 0.29) is 11.6 Å². The first kappa shape index (κ1) is 17.4. The highest BCUT2D eigenvalue weighted by Gasteiger charge is 2.23. The maximum Gasteiger partial charge on any atom is 0.337 e. The molecule has 2 aromatic rings. The Morgan fingerprint density at radius 3 is 2.48 bits per heavy atom. The summed E-state index contributed by atoms with van der Waals surface area (Å²) in [6, 6.07) is 1.83. The quantitative estimate of drug-likeness (QED) is 0.914. The second-order valence-corrected chi connectivity index (χ2v) is 6.89. The van der Waals surface area contributed by atoms with Gasteiger partial charge in [-0.25, -0.2) is 19.7 Å². The van der Waals surface area contributed by atoms with Crippen LogP contribution >= 0.6 is 0 Å². The predicted octanol–water partition coefficient (Wildman–Crippen LogP) is 2.87. The van der Waals surface area contributed by atoms with Gasteiger partial charge in [0.25, 0.3) is 0 Å². The van der Waals surface area contributed by atoms with Crippen LogP contribution in [0.1, 0.15) is 49.2 Å². The Kier molecular flexibility index (Phi) is 4.74. The molecule has 0 spiro atoms. The van der Waals surface area contributed by atoms with Crippen molar-refractivity contribution in [2.75, 3.05) is 29.9 Å². The molecule has 25 heavy (non-hydrogen) atoms. The molecule has 0 atom stereocenters. The zero-order valence-electron chi connectivity index (χ0n) is 15.3. The van der Waals surface area contributed by atoms with Crippen LogP contribution in [0.25, 0.3) is 11.2 Å². The smallest absolute Gasteiger partial charge is 0.337 e. The molecule has 0 aromatic carbocycles. The van der Waals surface area contributed by atoms with Crippen molar-refractivity contribution in [3.05, 3.63) is 17.3 Å². The van der Waals surface area contributed by atoms with Crippen molar-refractivity contribution in [2.24, 2.45) is 0 Å². The summed E-state index contributed by atoms with van der Waals surface area (Å²) in [7, 11) is 1.99. The van der Waals surface area contributed by atoms with E-state index in [9.17, 15) is 9.90 Å². The Bertz CT molecular complexity index is 800. The lowest BCUT2D eigenvalue weighted by atomic mass is 10.1. The summed E-state index contributed by atoms with van der Waals surface area (Å²) in [6.45, 7) is 7.82. The van der Waals surface area contributed by atoms with Crippen LogP contribution in [0.3, 0.4) is 0 Å². The van der Waals surface area contributed by atoms with Gasteiger partial charge in [-0.15, -0.1) is 0 Å². The summed E-state index contributed by atoms with van der Waals surface area (Å²) < 4.78 is 0. The fourth-order valence-electron chi connectivity index (χ4n) is 3.08. The molecule has 1 aliphatic heterocycles. The van der Waals surface area contributed by atoms with Crippen LogP contribution in [0, 0.1) is 6.92 Å². The van der Waals surface area contributed by atoms with Gasteiger partial charge in [0.1, 0.15) is 5.52 Å². The second-order valence-electron chi connectivity index (χ2n) is 6.89. The van der Waals surface area contributed by atoms with Gasteiger partial charge in [0.05, 0.1) is 11.3 Å². The highest BCUT2D eigenvalue weighted by Crippen LogP contribution is 2.30. The average Bonchev–Trinajstić information content (AvgIpc) is 2.60. The first-order chi connectivity index (χ1) is 11.9. The molecule has 1 N–H and O–H groups in total. The standard InChI is InChI=1S/C18H25N5O2/c1-11(2)22(4)16-17(23-8-6-5-7-9-23)21-15-14(20-16)10-13(18(24)25)12(3)19-15/h10-11H,5-9H2,1-4H3,(H,24,25). The largest absolute Gasteiger partial charge is 0.478 e. The number of nitrogens with zero attached hydrogens (tertiary/aromatic N) is 5. The number of pyridine rings is 1. The SMILES string of the molecule is Cc1nc2nc(N3CCCCC3)c(N(C)C(C)C)nc2cc1C(=O)O. The first-order valence-corrected chi connectivity index (χ1v) is 8.79. The van der Waals surface area contributed by atoms with Crippen LogP contribution in [0.4, 0.5) is 11.6 Å². The lowest BCUT2D eigenvalue weighted by Gasteiger charge is -2.32. The van der Waals surface area contributed by atoms with Crippen molar-refractivity contribution >= 4 is 28.8 Å². The molecule has 3 rings (SSSR count). The number of carboxylic acids is 1. The number of aromatic nitrogens is 3. The summed E-state index contributed by atoms with van der Waals surface area (Å²) in [5.74, 6) is 0.636. The van der Waals surface area contributed by atoms with Gasteiger partial charge in [0, 0.05) is 26.2 Å². The van der Waals surface area contributed by atoms with Crippen molar-refractivity contribution in [2.45, 2.75) is 46.1 Å². The molecule has 0 unspecified atom stereocenters. The lowest BCUT2D eigenvalue weighted by Crippen LogP contribution is -2.34. The number of anilines is 2. The summed E-state index contributed by atoms with van der Waals surface area (Å²) >= 11 is 0. The molecule has 0 bridgehead atoms. The number of carbonyl (C=O) groups is 1. The number of fused-ring (bicyclic) bond motifs is 1. The number of carboxylic acid groups (broad SMARTS) is 1. The summed E-state index contributed by atoms with van der Waals surface area (Å²) in [5.41, 5.74) is 1.66. The van der Waals surface area contributed by atoms with Crippen LogP contribution in [0.2, 0.25) is 0 Å². The molecule has 7 nitrogen and oxygen atoms in total. The fourth-order valence-corrected chi connectivity index (χ4v) is 3.08. The van der Waals surface area contributed by atoms with Crippen molar-refractivity contribution in [3.8, 4) is 0 Å². The molecule has 3 heterocycles. The Balaban J connectivity index is 2.19. The molecular weight excluding hydrogens is 318 g/mol. The number of aryl methyl sites for hydroxylation is 1. The number of piperidine rings is 1. The highest BCUT2D eigenvalue weighted by atomic mass is 16.4. The van der Waals surface area contributed by atoms with Gasteiger partial charge in [-0.1, -0.05) is 0 Å². The topological polar surface area (TPSA) is 82.5 Å². The monoisotopic (exact) mass is 343 g/mol. The fraction of sp³-hybridized carbons (Fsp3) is 0.556. The Hall–Kier alpha value is -2.44. The third kappa shape index (κ3) is 3.36. The van der Waals surface area contributed by atoms with Crippen molar-refractivity contribution in [1.29, 1.82) is 0 Å². The minimum absolute atomic E-state index is 0.172. The van der Waals surface area contributed by atoms with Gasteiger partial charge in [0.2, 0.25) is 0 Å². The van der Waals surface area contributed by atoms with Gasteiger partial charge in [0.15, 0.2) is 17.3 Å². The molecule has 0 amide bonds. The summed E-state index contributed by atoms with van der Waals surface area (Å²) in [4.78, 5) is 29.7.